The number of anilines is 1. The lowest BCUT2D eigenvalue weighted by molar-refractivity contribution is -0.146. The number of aromatic nitrogens is 2. The average Bonchev–Trinajstić information content (AvgIpc) is 3.20. The lowest BCUT2D eigenvalue weighted by atomic mass is 10.0. The third-order valence-electron chi connectivity index (χ3n) is 4.59. The van der Waals surface area contributed by atoms with Gasteiger partial charge in [-0.15, -0.1) is 22.0 Å². The molecule has 2 amide bonds. The van der Waals surface area contributed by atoms with Gasteiger partial charge in [-0.05, 0) is 5.56 Å². The third-order valence-corrected chi connectivity index (χ3v) is 7.08. The van der Waals surface area contributed by atoms with Crippen LogP contribution in [0.1, 0.15) is 10.6 Å². The molecule has 0 unspecified atom stereocenters. The van der Waals surface area contributed by atoms with Crippen molar-refractivity contribution < 1.29 is 14.4 Å². The monoisotopic (exact) mass is 447 g/mol. The second kappa shape index (κ2) is 8.17. The van der Waals surface area contributed by atoms with Gasteiger partial charge in [0.1, 0.15) is 22.1 Å². The van der Waals surface area contributed by atoms with Crippen molar-refractivity contribution in [3.05, 3.63) is 46.6 Å². The van der Waals surface area contributed by atoms with Gasteiger partial charge in [0.25, 0.3) is 5.91 Å². The summed E-state index contributed by atoms with van der Waals surface area (Å²) in [5.41, 5.74) is 1.72. The minimum atomic E-state index is -0.664. The number of hydrogen-bond acceptors (Lipinski definition) is 8. The molecule has 0 bridgehead atoms. The van der Waals surface area contributed by atoms with Crippen LogP contribution in [0.3, 0.4) is 0 Å². The molecular formula is C18H17N5O3S3. The van der Waals surface area contributed by atoms with E-state index in [1.807, 2.05) is 30.3 Å². The second-order valence-electron chi connectivity index (χ2n) is 6.41. The van der Waals surface area contributed by atoms with Crippen molar-refractivity contribution >= 4 is 63.4 Å². The number of carbonyl (C=O) groups excluding carboxylic acids is 3. The van der Waals surface area contributed by atoms with Gasteiger partial charge in [-0.1, -0.05) is 54.3 Å². The fourth-order valence-electron chi connectivity index (χ4n) is 3.23. The van der Waals surface area contributed by atoms with Gasteiger partial charge in [0.15, 0.2) is 0 Å². The number of β-lactam (4-membered cyclic amide) rings is 1. The van der Waals surface area contributed by atoms with Crippen LogP contribution in [0, 0.1) is 0 Å². The summed E-state index contributed by atoms with van der Waals surface area (Å²) in [5.74, 6) is -0.0811. The zero-order valence-corrected chi connectivity index (χ0v) is 17.8. The summed E-state index contributed by atoms with van der Waals surface area (Å²) in [4.78, 5) is 38.8. The molecule has 2 aliphatic heterocycles. The molecular weight excluding hydrogens is 430 g/mol. The van der Waals surface area contributed by atoms with Crippen molar-refractivity contribution in [2.75, 3.05) is 18.1 Å². The van der Waals surface area contributed by atoms with Crippen molar-refractivity contribution in [3.63, 3.8) is 0 Å². The number of nitrogens with zero attached hydrogens (tertiary/aromatic N) is 3. The number of rotatable bonds is 6. The number of amides is 2. The van der Waals surface area contributed by atoms with E-state index in [0.29, 0.717) is 21.5 Å². The Balaban J connectivity index is 1.52. The van der Waals surface area contributed by atoms with Gasteiger partial charge < -0.3 is 10.6 Å². The molecule has 1 aromatic heterocycles. The van der Waals surface area contributed by atoms with Crippen molar-refractivity contribution in [1.82, 2.24) is 20.4 Å². The molecule has 1 fully saturated rings. The van der Waals surface area contributed by atoms with Gasteiger partial charge in [0.05, 0.1) is 6.42 Å². The van der Waals surface area contributed by atoms with Crippen LogP contribution in [0.5, 0.6) is 0 Å². The molecule has 2 aliphatic rings. The molecule has 150 valence electrons. The highest BCUT2D eigenvalue weighted by Gasteiger charge is 2.54. The van der Waals surface area contributed by atoms with E-state index in [1.54, 1.807) is 7.05 Å². The van der Waals surface area contributed by atoms with Crippen LogP contribution in [0.4, 0.5) is 5.13 Å². The molecule has 11 heteroatoms. The lowest BCUT2D eigenvalue weighted by Gasteiger charge is -2.49. The highest BCUT2D eigenvalue weighted by molar-refractivity contribution is 8.00. The van der Waals surface area contributed by atoms with Gasteiger partial charge in [0.2, 0.25) is 16.2 Å². The molecule has 0 spiro atoms. The predicted octanol–water partition coefficient (Wildman–Crippen LogP) is 1.39. The Labute approximate surface area is 180 Å². The van der Waals surface area contributed by atoms with Crippen LogP contribution >= 0.6 is 35.7 Å². The molecule has 8 nitrogen and oxygen atoms in total. The Hall–Kier alpha value is -2.37. The summed E-state index contributed by atoms with van der Waals surface area (Å²) >= 11 is 6.76. The largest absolute Gasteiger partial charge is 0.363 e. The number of hydrogen-bond donors (Lipinski definition) is 3. The molecule has 0 aliphatic carbocycles. The van der Waals surface area contributed by atoms with Crippen molar-refractivity contribution in [2.45, 2.75) is 17.8 Å². The topological polar surface area (TPSA) is 104 Å². The molecule has 2 N–H and O–H groups in total. The smallest absolute Gasteiger partial charge is 0.253 e. The summed E-state index contributed by atoms with van der Waals surface area (Å²) in [5, 5.41) is 14.1. The molecule has 1 saturated heterocycles. The summed E-state index contributed by atoms with van der Waals surface area (Å²) in [6.07, 6.45) is 0.193. The van der Waals surface area contributed by atoms with E-state index in [1.165, 1.54) is 28.0 Å². The van der Waals surface area contributed by atoms with Crippen molar-refractivity contribution in [1.29, 1.82) is 0 Å². The van der Waals surface area contributed by atoms with Crippen molar-refractivity contribution in [2.24, 2.45) is 0 Å². The molecule has 4 rings (SSSR count). The number of carbonyl (C=O) groups is 3. The van der Waals surface area contributed by atoms with E-state index < -0.39 is 11.2 Å². The van der Waals surface area contributed by atoms with E-state index in [4.69, 9.17) is 0 Å². The number of thioether (sulfide) groups is 1. The number of thiol groups is 1. The van der Waals surface area contributed by atoms with Crippen LogP contribution in [-0.4, -0.2) is 56.2 Å². The minimum absolute atomic E-state index is 0.193. The Bertz CT molecular complexity index is 1010. The number of nitrogens with one attached hydrogen (secondary N) is 2. The van der Waals surface area contributed by atoms with Crippen LogP contribution in [-0.2, 0) is 20.8 Å². The first-order chi connectivity index (χ1) is 14.0. The molecule has 1 aromatic carbocycles. The molecule has 29 heavy (non-hydrogen) atoms. The summed E-state index contributed by atoms with van der Waals surface area (Å²) in [6.45, 7) is 0. The van der Waals surface area contributed by atoms with E-state index in [-0.39, 0.29) is 29.3 Å². The third kappa shape index (κ3) is 3.77. The van der Waals surface area contributed by atoms with Crippen LogP contribution in [0.25, 0.3) is 5.57 Å². The predicted molar refractivity (Wildman–Crippen MR) is 116 cm³/mol. The Morgan fingerprint density at radius 3 is 2.69 bits per heavy atom. The van der Waals surface area contributed by atoms with E-state index in [9.17, 15) is 14.4 Å². The molecule has 2 atom stereocenters. The van der Waals surface area contributed by atoms with Gasteiger partial charge in [0, 0.05) is 18.4 Å². The zero-order chi connectivity index (χ0) is 20.5. The van der Waals surface area contributed by atoms with Crippen molar-refractivity contribution in [3.8, 4) is 0 Å². The maximum absolute atomic E-state index is 12.8. The first-order valence-corrected chi connectivity index (χ1v) is 11.1. The normalized spacial score (nSPS) is 20.8. The van der Waals surface area contributed by atoms with E-state index in [0.717, 1.165) is 5.56 Å². The van der Waals surface area contributed by atoms with Gasteiger partial charge in [-0.2, -0.15) is 0 Å². The van der Waals surface area contributed by atoms with E-state index >= 15 is 0 Å². The Morgan fingerprint density at radius 1 is 1.28 bits per heavy atom. The van der Waals surface area contributed by atoms with Gasteiger partial charge in [-0.25, -0.2) is 0 Å². The van der Waals surface area contributed by atoms with Gasteiger partial charge in [-0.3, -0.25) is 19.3 Å². The Kier molecular flexibility index (Phi) is 5.61. The summed E-state index contributed by atoms with van der Waals surface area (Å²) in [6, 6.07) is 8.66. The second-order valence-corrected chi connectivity index (χ2v) is 8.90. The fraction of sp³-hybridized carbons (Fsp3) is 0.278. The SMILES string of the molecule is CNc1nnc(C2=C(C(=O)S)N3C(=O)[C@@H](NC(=O)Cc4ccccc4)[C@H]3SC2)s1. The highest BCUT2D eigenvalue weighted by Crippen LogP contribution is 2.44. The standard InChI is InChI=1S/C18H17N5O3S3/c1-19-18-22-21-14(29-18)10-8-28-16-12(15(25)23(16)13(10)17(26)27)20-11(24)7-9-5-3-2-4-6-9/h2-6,12,16H,7-8H2,1H3,(H,19,22)(H,20,24)(H,26,27)/t12-,16-/m1/s1. The maximum Gasteiger partial charge on any atom is 0.253 e. The van der Waals surface area contributed by atoms with Gasteiger partial charge >= 0.3 is 0 Å². The first-order valence-electron chi connectivity index (χ1n) is 8.75. The molecule has 2 aromatic rings. The zero-order valence-electron chi connectivity index (χ0n) is 15.3. The quantitative estimate of drug-likeness (QED) is 0.454. The molecule has 0 radical (unpaired) electrons. The van der Waals surface area contributed by atoms with Crippen LogP contribution in [0.15, 0.2) is 36.0 Å². The summed E-state index contributed by atoms with van der Waals surface area (Å²) in [7, 11) is 1.73. The van der Waals surface area contributed by atoms with E-state index in [2.05, 4.69) is 33.5 Å². The van der Waals surface area contributed by atoms with Crippen LogP contribution < -0.4 is 10.6 Å². The molecule has 3 heterocycles. The van der Waals surface area contributed by atoms with Crippen LogP contribution in [0.2, 0.25) is 0 Å². The minimum Gasteiger partial charge on any atom is -0.363 e. The Morgan fingerprint density at radius 2 is 2.03 bits per heavy atom. The number of fused-ring (bicyclic) bond motifs is 1. The first kappa shape index (κ1) is 19.9. The summed E-state index contributed by atoms with van der Waals surface area (Å²) < 4.78 is 0. The average molecular weight is 448 g/mol. The number of benzene rings is 1. The lowest BCUT2D eigenvalue weighted by Crippen LogP contribution is -2.70. The maximum atomic E-state index is 12.8. The fourth-order valence-corrected chi connectivity index (χ4v) is 5.66. The highest BCUT2D eigenvalue weighted by atomic mass is 32.2. The molecule has 0 saturated carbocycles.